The van der Waals surface area contributed by atoms with Gasteiger partial charge in [-0.15, -0.1) is 0 Å². The van der Waals surface area contributed by atoms with Crippen molar-refractivity contribution in [2.45, 2.75) is 25.2 Å². The summed E-state index contributed by atoms with van der Waals surface area (Å²) in [6.07, 6.45) is -0.0765. The summed E-state index contributed by atoms with van der Waals surface area (Å²) >= 11 is 3.31. The van der Waals surface area contributed by atoms with Gasteiger partial charge in [0.1, 0.15) is 6.54 Å². The first-order valence-electron chi connectivity index (χ1n) is 9.05. The van der Waals surface area contributed by atoms with Crippen LogP contribution in [0.25, 0.3) is 0 Å². The van der Waals surface area contributed by atoms with Crippen molar-refractivity contribution in [1.29, 1.82) is 0 Å². The number of rotatable bonds is 9. The summed E-state index contributed by atoms with van der Waals surface area (Å²) < 4.78 is 32.9. The lowest BCUT2D eigenvalue weighted by Gasteiger charge is -2.23. The van der Waals surface area contributed by atoms with E-state index in [0.717, 1.165) is 8.78 Å². The molecular formula is C20H22BrN3O5S. The summed E-state index contributed by atoms with van der Waals surface area (Å²) in [5.74, 6) is -1.11. The van der Waals surface area contributed by atoms with Crippen LogP contribution in [0.15, 0.2) is 69.1 Å². The molecule has 2 aromatic carbocycles. The van der Waals surface area contributed by atoms with Gasteiger partial charge in [-0.05, 0) is 50.2 Å². The van der Waals surface area contributed by atoms with Crippen molar-refractivity contribution in [3.63, 3.8) is 0 Å². The van der Waals surface area contributed by atoms with E-state index < -0.39 is 28.4 Å². The SMILES string of the molecule is CCOC(=O)C/C(C)=N\NC(=O)CN(c1ccc(Br)cc1)S(=O)(=O)c1ccccc1. The smallest absolute Gasteiger partial charge is 0.311 e. The molecule has 2 aromatic rings. The fraction of sp³-hybridized carbons (Fsp3) is 0.250. The van der Waals surface area contributed by atoms with E-state index in [-0.39, 0.29) is 17.9 Å². The Morgan fingerprint density at radius 2 is 1.73 bits per heavy atom. The van der Waals surface area contributed by atoms with E-state index >= 15 is 0 Å². The Kier molecular flexibility index (Phi) is 8.55. The predicted octanol–water partition coefficient (Wildman–Crippen LogP) is 3.09. The van der Waals surface area contributed by atoms with Gasteiger partial charge in [0.25, 0.3) is 15.9 Å². The molecule has 0 aliphatic heterocycles. The Hall–Kier alpha value is -2.72. The monoisotopic (exact) mass is 495 g/mol. The van der Waals surface area contributed by atoms with Crippen molar-refractivity contribution in [3.8, 4) is 0 Å². The molecular weight excluding hydrogens is 474 g/mol. The number of hydrogen-bond acceptors (Lipinski definition) is 6. The van der Waals surface area contributed by atoms with Gasteiger partial charge in [0.15, 0.2) is 0 Å². The third-order valence-corrected chi connectivity index (χ3v) is 6.13. The van der Waals surface area contributed by atoms with Crippen molar-refractivity contribution in [1.82, 2.24) is 5.43 Å². The molecule has 0 bridgehead atoms. The van der Waals surface area contributed by atoms with E-state index in [1.165, 1.54) is 12.1 Å². The van der Waals surface area contributed by atoms with Crippen molar-refractivity contribution < 1.29 is 22.7 Å². The summed E-state index contributed by atoms with van der Waals surface area (Å²) in [6.45, 7) is 3.01. The standard InChI is InChI=1S/C20H22BrN3O5S/c1-3-29-20(26)13-15(2)22-23-19(25)14-24(17-11-9-16(21)10-12-17)30(27,28)18-7-5-4-6-8-18/h4-12H,3,13-14H2,1-2H3,(H,23,25)/b22-15-. The minimum Gasteiger partial charge on any atom is -0.466 e. The molecule has 10 heteroatoms. The number of ether oxygens (including phenoxy) is 1. The van der Waals surface area contributed by atoms with Crippen LogP contribution < -0.4 is 9.73 Å². The van der Waals surface area contributed by atoms with Gasteiger partial charge in [-0.1, -0.05) is 34.1 Å². The minimum atomic E-state index is -3.99. The summed E-state index contributed by atoms with van der Waals surface area (Å²) in [4.78, 5) is 24.0. The third kappa shape index (κ3) is 6.67. The number of carbonyl (C=O) groups is 2. The zero-order valence-corrected chi connectivity index (χ0v) is 18.9. The first kappa shape index (κ1) is 23.6. The van der Waals surface area contributed by atoms with E-state index in [2.05, 4.69) is 26.5 Å². The Labute approximate surface area is 184 Å². The highest BCUT2D eigenvalue weighted by molar-refractivity contribution is 9.10. The molecule has 0 spiro atoms. The Balaban J connectivity index is 2.23. The molecule has 0 aromatic heterocycles. The molecule has 0 aliphatic carbocycles. The molecule has 0 atom stereocenters. The number of sulfonamides is 1. The average molecular weight is 496 g/mol. The highest BCUT2D eigenvalue weighted by Crippen LogP contribution is 2.25. The van der Waals surface area contributed by atoms with Crippen LogP contribution >= 0.6 is 15.9 Å². The van der Waals surface area contributed by atoms with Crippen molar-refractivity contribution in [2.75, 3.05) is 17.5 Å². The topological polar surface area (TPSA) is 105 Å². The molecule has 0 heterocycles. The van der Waals surface area contributed by atoms with Crippen LogP contribution in [-0.4, -0.2) is 39.2 Å². The molecule has 160 valence electrons. The maximum Gasteiger partial charge on any atom is 0.311 e. The molecule has 0 unspecified atom stereocenters. The molecule has 0 saturated heterocycles. The van der Waals surface area contributed by atoms with Gasteiger partial charge in [0.05, 0.1) is 23.6 Å². The van der Waals surface area contributed by atoms with Crippen molar-refractivity contribution in [2.24, 2.45) is 5.10 Å². The number of hydrogen-bond donors (Lipinski definition) is 1. The van der Waals surface area contributed by atoms with Gasteiger partial charge >= 0.3 is 5.97 Å². The molecule has 1 N–H and O–H groups in total. The highest BCUT2D eigenvalue weighted by atomic mass is 79.9. The molecule has 2 rings (SSSR count). The number of hydrazone groups is 1. The number of amides is 1. The lowest BCUT2D eigenvalue weighted by Crippen LogP contribution is -2.39. The average Bonchev–Trinajstić information content (AvgIpc) is 2.72. The lowest BCUT2D eigenvalue weighted by molar-refractivity contribution is -0.141. The number of nitrogens with one attached hydrogen (secondary N) is 1. The summed E-state index contributed by atoms with van der Waals surface area (Å²) in [5.41, 5.74) is 2.95. The van der Waals surface area contributed by atoms with E-state index in [1.807, 2.05) is 0 Å². The minimum absolute atomic E-state index is 0.0581. The summed E-state index contributed by atoms with van der Waals surface area (Å²) in [6, 6.07) is 14.4. The predicted molar refractivity (Wildman–Crippen MR) is 118 cm³/mol. The molecule has 8 nitrogen and oxygen atoms in total. The van der Waals surface area contributed by atoms with E-state index in [9.17, 15) is 18.0 Å². The molecule has 1 amide bonds. The third-order valence-electron chi connectivity index (χ3n) is 3.81. The van der Waals surface area contributed by atoms with Crippen LogP contribution in [0.2, 0.25) is 0 Å². The second kappa shape index (κ2) is 10.9. The normalized spacial score (nSPS) is 11.6. The van der Waals surface area contributed by atoms with Gasteiger partial charge in [0, 0.05) is 10.2 Å². The van der Waals surface area contributed by atoms with E-state index in [1.54, 1.807) is 56.3 Å². The van der Waals surface area contributed by atoms with E-state index in [0.29, 0.717) is 11.4 Å². The fourth-order valence-corrected chi connectivity index (χ4v) is 4.13. The Morgan fingerprint density at radius 3 is 2.33 bits per heavy atom. The maximum absolute atomic E-state index is 13.1. The van der Waals surface area contributed by atoms with Gasteiger partial charge in [0.2, 0.25) is 0 Å². The second-order valence-electron chi connectivity index (χ2n) is 6.17. The van der Waals surface area contributed by atoms with E-state index in [4.69, 9.17) is 4.74 Å². The van der Waals surface area contributed by atoms with Crippen LogP contribution in [-0.2, 0) is 24.3 Å². The molecule has 0 radical (unpaired) electrons. The van der Waals surface area contributed by atoms with Gasteiger partial charge in [-0.3, -0.25) is 13.9 Å². The second-order valence-corrected chi connectivity index (χ2v) is 8.94. The van der Waals surface area contributed by atoms with Crippen LogP contribution in [0, 0.1) is 0 Å². The van der Waals surface area contributed by atoms with Crippen LogP contribution in [0.1, 0.15) is 20.3 Å². The van der Waals surface area contributed by atoms with Crippen LogP contribution in [0.4, 0.5) is 5.69 Å². The number of halogens is 1. The quantitative estimate of drug-likeness (QED) is 0.326. The highest BCUT2D eigenvalue weighted by Gasteiger charge is 2.27. The number of anilines is 1. The molecule has 0 fully saturated rings. The molecule has 0 aliphatic rings. The van der Waals surface area contributed by atoms with Crippen LogP contribution in [0.3, 0.4) is 0 Å². The van der Waals surface area contributed by atoms with Crippen LogP contribution in [0.5, 0.6) is 0 Å². The molecule has 0 saturated carbocycles. The number of esters is 1. The first-order valence-corrected chi connectivity index (χ1v) is 11.3. The fourth-order valence-electron chi connectivity index (χ4n) is 2.43. The summed E-state index contributed by atoms with van der Waals surface area (Å²) in [7, 11) is -3.99. The number of benzene rings is 2. The summed E-state index contributed by atoms with van der Waals surface area (Å²) in [5, 5.41) is 3.85. The zero-order chi connectivity index (χ0) is 22.1. The van der Waals surface area contributed by atoms with Crippen molar-refractivity contribution >= 4 is 49.2 Å². The number of nitrogens with zero attached hydrogens (tertiary/aromatic N) is 2. The Morgan fingerprint density at radius 1 is 1.10 bits per heavy atom. The molecule has 30 heavy (non-hydrogen) atoms. The number of carbonyl (C=O) groups excluding carboxylic acids is 2. The van der Waals surface area contributed by atoms with Gasteiger partial charge in [-0.2, -0.15) is 5.10 Å². The lowest BCUT2D eigenvalue weighted by atomic mass is 10.3. The Bertz CT molecular complexity index is 1010. The maximum atomic E-state index is 13.1. The van der Waals surface area contributed by atoms with Crippen molar-refractivity contribution in [3.05, 3.63) is 59.1 Å². The first-order chi connectivity index (χ1) is 14.2. The van der Waals surface area contributed by atoms with Gasteiger partial charge < -0.3 is 4.74 Å². The zero-order valence-electron chi connectivity index (χ0n) is 16.5. The largest absolute Gasteiger partial charge is 0.466 e. The van der Waals surface area contributed by atoms with Gasteiger partial charge in [-0.25, -0.2) is 13.8 Å².